The molecule has 31 heavy (non-hydrogen) atoms. The summed E-state index contributed by atoms with van der Waals surface area (Å²) in [6, 6.07) is 0. The molecule has 2 N–H and O–H groups in total. The van der Waals surface area contributed by atoms with E-state index < -0.39 is 53.7 Å². The molecule has 5 aliphatic rings. The number of rotatable bonds is 4. The first-order chi connectivity index (χ1) is 15.8. The van der Waals surface area contributed by atoms with Crippen LogP contribution in [0.3, 0.4) is 0 Å². The van der Waals surface area contributed by atoms with E-state index in [0.29, 0.717) is 18.4 Å². The zero-order valence-corrected chi connectivity index (χ0v) is 18.4. The van der Waals surface area contributed by atoms with Crippen LogP contribution in [-0.4, -0.2) is 52.5 Å². The van der Waals surface area contributed by atoms with Crippen molar-refractivity contribution in [2.45, 2.75) is 83.3 Å². The Morgan fingerprint density at radius 2 is 2.19 bits per heavy atom. The molecule has 0 bridgehead atoms. The molecule has 4 fully saturated rings. The van der Waals surface area contributed by atoms with E-state index in [1.807, 2.05) is 20.8 Å². The molecular formula is C25H34O6. The summed E-state index contributed by atoms with van der Waals surface area (Å²) < 4.78 is 38.7. The number of hydrogen-bond donors (Lipinski definition) is 2. The molecule has 0 aromatic rings. The summed E-state index contributed by atoms with van der Waals surface area (Å²) in [5.74, 6) is -1.69. The van der Waals surface area contributed by atoms with Gasteiger partial charge in [-0.15, -0.1) is 0 Å². The molecule has 4 aliphatic carbocycles. The highest BCUT2D eigenvalue weighted by Gasteiger charge is 2.75. The monoisotopic (exact) mass is 433 g/mol. The van der Waals surface area contributed by atoms with Gasteiger partial charge in [0.25, 0.3) is 0 Å². The highest BCUT2D eigenvalue weighted by molar-refractivity contribution is 6.01. The van der Waals surface area contributed by atoms with Gasteiger partial charge in [0, 0.05) is 19.5 Å². The van der Waals surface area contributed by atoms with Gasteiger partial charge < -0.3 is 19.7 Å². The summed E-state index contributed by atoms with van der Waals surface area (Å²) in [6.45, 7) is 4.89. The van der Waals surface area contributed by atoms with Crippen molar-refractivity contribution in [1.29, 1.82) is 0 Å². The van der Waals surface area contributed by atoms with Crippen LogP contribution in [0.5, 0.6) is 0 Å². The molecule has 1 unspecified atom stereocenters. The van der Waals surface area contributed by atoms with Gasteiger partial charge in [-0.05, 0) is 56.0 Å². The number of fused-ring (bicyclic) bond motifs is 7. The molecule has 0 radical (unpaired) electrons. The quantitative estimate of drug-likeness (QED) is 0.708. The second-order valence-electron chi connectivity index (χ2n) is 10.3. The Hall–Kier alpha value is -1.34. The predicted molar refractivity (Wildman–Crippen MR) is 113 cm³/mol. The fourth-order valence-corrected chi connectivity index (χ4v) is 7.57. The van der Waals surface area contributed by atoms with Crippen molar-refractivity contribution in [2.75, 3.05) is 6.61 Å². The number of hydrogen-bond acceptors (Lipinski definition) is 6. The van der Waals surface area contributed by atoms with Gasteiger partial charge in [-0.1, -0.05) is 38.8 Å². The second kappa shape index (κ2) is 7.08. The summed E-state index contributed by atoms with van der Waals surface area (Å²) in [5, 5.41) is 21.5. The Bertz CT molecular complexity index is 995. The molecule has 0 spiro atoms. The van der Waals surface area contributed by atoms with Gasteiger partial charge in [0.2, 0.25) is 0 Å². The van der Waals surface area contributed by atoms with E-state index >= 15 is 0 Å². The minimum Gasteiger partial charge on any atom is -0.393 e. The molecule has 170 valence electrons. The van der Waals surface area contributed by atoms with Gasteiger partial charge in [-0.25, -0.2) is 0 Å². The van der Waals surface area contributed by atoms with E-state index in [4.69, 9.17) is 13.6 Å². The first-order valence-corrected chi connectivity index (χ1v) is 11.4. The van der Waals surface area contributed by atoms with Crippen LogP contribution < -0.4 is 0 Å². The molecule has 9 atom stereocenters. The number of allylic oxidation sites excluding steroid dienone is 4. The third-order valence-electron chi connectivity index (χ3n) is 8.86. The molecule has 6 nitrogen and oxygen atoms in total. The SMILES string of the molecule is [2H]C1(CCC)O[C@@H]2C[C@H]3[C@@H]4CC([2H])([2H])C5=CC(=O)C=C[C@]5(C)[C@H]4[C@@H](O)C[C@]3(C)[C@]2(C(=O)CO)O1. The average molecular weight is 434 g/mol. The second-order valence-corrected chi connectivity index (χ2v) is 10.3. The van der Waals surface area contributed by atoms with Gasteiger partial charge in [-0.3, -0.25) is 9.59 Å². The van der Waals surface area contributed by atoms with Crippen molar-refractivity contribution < 1.29 is 33.4 Å². The van der Waals surface area contributed by atoms with Crippen LogP contribution in [0.15, 0.2) is 23.8 Å². The van der Waals surface area contributed by atoms with E-state index in [1.165, 1.54) is 12.2 Å². The molecule has 6 heteroatoms. The smallest absolute Gasteiger partial charge is 0.193 e. The van der Waals surface area contributed by atoms with E-state index in [0.717, 1.165) is 0 Å². The molecule has 0 aromatic carbocycles. The molecule has 1 saturated heterocycles. The van der Waals surface area contributed by atoms with E-state index in [-0.39, 0.29) is 42.8 Å². The number of carbonyl (C=O) groups excluding carboxylic acids is 2. The molecule has 1 heterocycles. The van der Waals surface area contributed by atoms with Crippen LogP contribution in [0.1, 0.15) is 63.4 Å². The molecule has 0 aromatic heterocycles. The third kappa shape index (κ3) is 2.65. The van der Waals surface area contributed by atoms with Crippen LogP contribution in [0.2, 0.25) is 0 Å². The number of ether oxygens (including phenoxy) is 2. The Morgan fingerprint density at radius 1 is 1.42 bits per heavy atom. The van der Waals surface area contributed by atoms with E-state index in [2.05, 4.69) is 0 Å². The topological polar surface area (TPSA) is 93.1 Å². The van der Waals surface area contributed by atoms with Gasteiger partial charge in [0.15, 0.2) is 23.4 Å². The van der Waals surface area contributed by atoms with Crippen molar-refractivity contribution in [2.24, 2.45) is 28.6 Å². The third-order valence-corrected chi connectivity index (χ3v) is 8.86. The highest BCUT2D eigenvalue weighted by Crippen LogP contribution is 2.69. The van der Waals surface area contributed by atoms with Gasteiger partial charge in [-0.2, -0.15) is 0 Å². The molecule has 0 amide bonds. The van der Waals surface area contributed by atoms with Crippen molar-refractivity contribution in [1.82, 2.24) is 0 Å². The first-order valence-electron chi connectivity index (χ1n) is 12.9. The standard InChI is InChI=1S/C25H34O6/c1-4-5-21-30-20-11-17-16-7-6-14-10-15(27)8-9-23(14,2)22(16)18(28)12-24(17,3)25(20,31-21)19(29)13-26/h8-10,16-18,20-22,26,28H,4-7,11-13H2,1-3H3/t16-,17-,18-,20+,21?,22+,23-,24-,25+/m0/s1/i6D2,21D. The van der Waals surface area contributed by atoms with Gasteiger partial charge >= 0.3 is 0 Å². The number of aliphatic hydroxyl groups excluding tert-OH is 2. The maximum absolute atomic E-state index is 13.3. The Kier molecular flexibility index (Phi) is 4.14. The molecule has 3 saturated carbocycles. The molecule has 1 aliphatic heterocycles. The maximum atomic E-state index is 13.3. The Morgan fingerprint density at radius 3 is 2.90 bits per heavy atom. The van der Waals surface area contributed by atoms with Crippen LogP contribution in [0.25, 0.3) is 0 Å². The van der Waals surface area contributed by atoms with E-state index in [1.54, 1.807) is 6.08 Å². The van der Waals surface area contributed by atoms with Crippen LogP contribution in [0.4, 0.5) is 0 Å². The number of aliphatic hydroxyl groups is 2. The fraction of sp³-hybridized carbons (Fsp3) is 0.760. The average Bonchev–Trinajstić information content (AvgIpc) is 3.16. The Labute approximate surface area is 187 Å². The number of ketones is 2. The number of Topliss-reactive ketones (excluding diaryl/α,β-unsaturated/α-hetero) is 1. The van der Waals surface area contributed by atoms with E-state index in [9.17, 15) is 19.8 Å². The Balaban J connectivity index is 1.62. The summed E-state index contributed by atoms with van der Waals surface area (Å²) >= 11 is 0. The molecular weight excluding hydrogens is 396 g/mol. The maximum Gasteiger partial charge on any atom is 0.193 e. The zero-order valence-electron chi connectivity index (χ0n) is 21.4. The zero-order chi connectivity index (χ0) is 24.9. The minimum atomic E-state index is -1.76. The minimum absolute atomic E-state index is 0.106. The summed E-state index contributed by atoms with van der Waals surface area (Å²) in [5.41, 5.74) is -2.96. The summed E-state index contributed by atoms with van der Waals surface area (Å²) in [6.07, 6.45) is 1.03. The lowest BCUT2D eigenvalue weighted by Gasteiger charge is -2.59. The first kappa shape index (κ1) is 18.1. The lowest BCUT2D eigenvalue weighted by molar-refractivity contribution is -0.200. The van der Waals surface area contributed by atoms with Crippen molar-refractivity contribution >= 4 is 11.6 Å². The van der Waals surface area contributed by atoms with Crippen LogP contribution >= 0.6 is 0 Å². The largest absolute Gasteiger partial charge is 0.393 e. The highest BCUT2D eigenvalue weighted by atomic mass is 16.7. The predicted octanol–water partition coefficient (Wildman–Crippen LogP) is 2.72. The van der Waals surface area contributed by atoms with Gasteiger partial charge in [0.05, 0.1) is 13.6 Å². The number of carbonyl (C=O) groups is 2. The van der Waals surface area contributed by atoms with Crippen LogP contribution in [-0.2, 0) is 19.1 Å². The van der Waals surface area contributed by atoms with Crippen molar-refractivity contribution in [3.63, 3.8) is 0 Å². The summed E-state index contributed by atoms with van der Waals surface area (Å²) in [7, 11) is 0. The van der Waals surface area contributed by atoms with Crippen molar-refractivity contribution in [3.8, 4) is 0 Å². The van der Waals surface area contributed by atoms with Crippen LogP contribution in [0, 0.1) is 28.6 Å². The lowest BCUT2D eigenvalue weighted by atomic mass is 9.46. The van der Waals surface area contributed by atoms with Crippen molar-refractivity contribution in [3.05, 3.63) is 23.8 Å². The fourth-order valence-electron chi connectivity index (χ4n) is 7.57. The molecule has 5 rings (SSSR count). The van der Waals surface area contributed by atoms with Gasteiger partial charge in [0.1, 0.15) is 6.61 Å². The normalized spacial score (nSPS) is 55.8. The summed E-state index contributed by atoms with van der Waals surface area (Å²) in [4.78, 5) is 25.5. The lowest BCUT2D eigenvalue weighted by Crippen LogP contribution is -2.63.